The van der Waals surface area contributed by atoms with Crippen LogP contribution in [-0.4, -0.2) is 54.5 Å². The van der Waals surface area contributed by atoms with Crippen LogP contribution in [-0.2, 0) is 13.9 Å². The molecule has 0 saturated carbocycles. The molecule has 1 aromatic rings. The number of hydrogen-bond donors (Lipinski definition) is 2. The summed E-state index contributed by atoms with van der Waals surface area (Å²) in [6, 6.07) is 1.22. The topological polar surface area (TPSA) is 103 Å². The van der Waals surface area contributed by atoms with E-state index < -0.39 is 44.1 Å². The summed E-state index contributed by atoms with van der Waals surface area (Å²) in [6.45, 7) is 13.2. The number of hydrogen-bond acceptors (Lipinski definition) is 6. The minimum Gasteiger partial charge on any atom is -0.408 e. The first-order valence-electron chi connectivity index (χ1n) is 8.88. The summed E-state index contributed by atoms with van der Waals surface area (Å²) in [7, 11) is -2.19. The normalized spacial score (nSPS) is 27.0. The first kappa shape index (κ1) is 21.0. The highest BCUT2D eigenvalue weighted by atomic mass is 28.4. The van der Waals surface area contributed by atoms with Crippen molar-refractivity contribution in [1.82, 2.24) is 9.55 Å². The molecule has 1 aliphatic heterocycles. The highest BCUT2D eigenvalue weighted by Gasteiger charge is 2.50. The SMILES string of the molecule is CCOC[C@H]1O[C@@H](n2ccc(=O)[nH]c2=O)[C@@H](O)C1O[Si](C)(C)C(C)(C)C. The summed E-state index contributed by atoms with van der Waals surface area (Å²) < 4.78 is 19.0. The number of aliphatic hydroxyl groups is 1. The van der Waals surface area contributed by atoms with Crippen LogP contribution in [0, 0.1) is 0 Å². The van der Waals surface area contributed by atoms with Crippen LogP contribution in [0.25, 0.3) is 0 Å². The second kappa shape index (κ2) is 7.77. The van der Waals surface area contributed by atoms with Crippen LogP contribution in [0.1, 0.15) is 33.9 Å². The van der Waals surface area contributed by atoms with Crippen molar-refractivity contribution in [2.75, 3.05) is 13.2 Å². The zero-order chi connectivity index (χ0) is 19.7. The van der Waals surface area contributed by atoms with Crippen molar-refractivity contribution in [3.63, 3.8) is 0 Å². The average Bonchev–Trinajstić information content (AvgIpc) is 2.80. The molecule has 0 aromatic carbocycles. The number of nitrogens with one attached hydrogen (secondary N) is 1. The van der Waals surface area contributed by atoms with E-state index in [1.54, 1.807) is 0 Å². The Morgan fingerprint density at radius 2 is 2.00 bits per heavy atom. The zero-order valence-corrected chi connectivity index (χ0v) is 17.3. The van der Waals surface area contributed by atoms with Crippen molar-refractivity contribution >= 4 is 8.32 Å². The van der Waals surface area contributed by atoms with Gasteiger partial charge in [0.05, 0.1) is 6.61 Å². The molecule has 0 aliphatic carbocycles. The molecule has 1 aliphatic rings. The smallest absolute Gasteiger partial charge is 0.330 e. The third-order valence-corrected chi connectivity index (χ3v) is 9.63. The molecule has 2 N–H and O–H groups in total. The maximum Gasteiger partial charge on any atom is 0.330 e. The number of rotatable bonds is 6. The first-order chi connectivity index (χ1) is 12.0. The molecule has 0 spiro atoms. The van der Waals surface area contributed by atoms with Gasteiger partial charge >= 0.3 is 5.69 Å². The molecule has 0 amide bonds. The molecule has 0 radical (unpaired) electrons. The van der Waals surface area contributed by atoms with E-state index in [-0.39, 0.29) is 11.6 Å². The van der Waals surface area contributed by atoms with Gasteiger partial charge in [0.1, 0.15) is 18.3 Å². The Balaban J connectivity index is 2.32. The van der Waals surface area contributed by atoms with Crippen LogP contribution in [0.2, 0.25) is 18.1 Å². The van der Waals surface area contributed by atoms with E-state index in [1.807, 2.05) is 6.92 Å². The maximum atomic E-state index is 12.1. The number of ether oxygens (including phenoxy) is 2. The largest absolute Gasteiger partial charge is 0.408 e. The number of nitrogens with zero attached hydrogens (tertiary/aromatic N) is 1. The Morgan fingerprint density at radius 3 is 2.54 bits per heavy atom. The first-order valence-corrected chi connectivity index (χ1v) is 11.8. The number of H-pyrrole nitrogens is 1. The van der Waals surface area contributed by atoms with E-state index >= 15 is 0 Å². The van der Waals surface area contributed by atoms with Crippen molar-refractivity contribution in [3.05, 3.63) is 33.1 Å². The van der Waals surface area contributed by atoms with Gasteiger partial charge < -0.3 is 19.0 Å². The highest BCUT2D eigenvalue weighted by Crippen LogP contribution is 2.41. The van der Waals surface area contributed by atoms with Crippen LogP contribution in [0.4, 0.5) is 0 Å². The molecule has 8 nitrogen and oxygen atoms in total. The molecule has 0 bridgehead atoms. The Kier molecular flexibility index (Phi) is 6.29. The van der Waals surface area contributed by atoms with Gasteiger partial charge in [-0.25, -0.2) is 4.79 Å². The summed E-state index contributed by atoms with van der Waals surface area (Å²) in [4.78, 5) is 25.6. The van der Waals surface area contributed by atoms with Gasteiger partial charge in [0.15, 0.2) is 14.5 Å². The monoisotopic (exact) mass is 386 g/mol. The van der Waals surface area contributed by atoms with Gasteiger partial charge in [0.2, 0.25) is 0 Å². The molecule has 1 fully saturated rings. The molecule has 9 heteroatoms. The third-order valence-electron chi connectivity index (χ3n) is 5.16. The second-order valence-corrected chi connectivity index (χ2v) is 12.8. The third kappa shape index (κ3) is 4.34. The molecular formula is C17H30N2O6Si. The van der Waals surface area contributed by atoms with Crippen LogP contribution in [0.15, 0.2) is 21.9 Å². The van der Waals surface area contributed by atoms with Gasteiger partial charge in [0.25, 0.3) is 5.56 Å². The van der Waals surface area contributed by atoms with Crippen LogP contribution >= 0.6 is 0 Å². The van der Waals surface area contributed by atoms with Gasteiger partial charge in [0, 0.05) is 18.9 Å². The molecule has 2 rings (SSSR count). The molecular weight excluding hydrogens is 356 g/mol. The Hall–Kier alpha value is -1.26. The Bertz CT molecular complexity index is 723. The molecule has 26 heavy (non-hydrogen) atoms. The average molecular weight is 387 g/mol. The minimum absolute atomic E-state index is 0.0458. The van der Waals surface area contributed by atoms with Crippen molar-refractivity contribution < 1.29 is 19.0 Å². The maximum absolute atomic E-state index is 12.1. The lowest BCUT2D eigenvalue weighted by atomic mass is 10.1. The van der Waals surface area contributed by atoms with Gasteiger partial charge in [-0.3, -0.25) is 14.3 Å². The van der Waals surface area contributed by atoms with Crippen molar-refractivity contribution in [1.29, 1.82) is 0 Å². The molecule has 4 atom stereocenters. The standard InChI is InChI=1S/C17H30N2O6Si/c1-7-23-10-11-14(25-26(5,6)17(2,3)4)13(21)15(24-11)19-9-8-12(20)18-16(19)22/h8-9,11,13-15,21H,7,10H2,1-6H3,(H,18,20,22)/t11-,13+,14?,15-/m1/s1. The van der Waals surface area contributed by atoms with Gasteiger partial charge in [-0.2, -0.15) is 0 Å². The van der Waals surface area contributed by atoms with Gasteiger partial charge in [-0.15, -0.1) is 0 Å². The number of aliphatic hydroxyl groups excluding tert-OH is 1. The fourth-order valence-electron chi connectivity index (χ4n) is 2.61. The lowest BCUT2D eigenvalue weighted by molar-refractivity contribution is -0.0662. The summed E-state index contributed by atoms with van der Waals surface area (Å²) >= 11 is 0. The Labute approximate surface area is 154 Å². The van der Waals surface area contributed by atoms with Crippen LogP contribution in [0.3, 0.4) is 0 Å². The predicted octanol–water partition coefficient (Wildman–Crippen LogP) is 1.22. The van der Waals surface area contributed by atoms with Crippen molar-refractivity contribution in [2.45, 2.75) is 70.4 Å². The van der Waals surface area contributed by atoms with Crippen LogP contribution in [0.5, 0.6) is 0 Å². The van der Waals surface area contributed by atoms with E-state index in [0.29, 0.717) is 6.61 Å². The molecule has 148 valence electrons. The quantitative estimate of drug-likeness (QED) is 0.713. The van der Waals surface area contributed by atoms with Gasteiger partial charge in [-0.05, 0) is 25.1 Å². The van der Waals surface area contributed by atoms with Crippen molar-refractivity contribution in [2.24, 2.45) is 0 Å². The molecule has 1 aromatic heterocycles. The van der Waals surface area contributed by atoms with Crippen LogP contribution < -0.4 is 11.2 Å². The lowest BCUT2D eigenvalue weighted by Gasteiger charge is -2.40. The summed E-state index contributed by atoms with van der Waals surface area (Å²) in [5, 5.41) is 10.8. The minimum atomic E-state index is -2.19. The predicted molar refractivity (Wildman–Crippen MR) is 99.8 cm³/mol. The highest BCUT2D eigenvalue weighted by molar-refractivity contribution is 6.74. The lowest BCUT2D eigenvalue weighted by Crippen LogP contribution is -2.50. The van der Waals surface area contributed by atoms with Crippen molar-refractivity contribution in [3.8, 4) is 0 Å². The second-order valence-electron chi connectivity index (χ2n) is 8.08. The fourth-order valence-corrected chi connectivity index (χ4v) is 3.93. The molecule has 1 unspecified atom stereocenters. The summed E-state index contributed by atoms with van der Waals surface area (Å²) in [5.74, 6) is 0. The van der Waals surface area contributed by atoms with E-state index in [0.717, 1.165) is 0 Å². The van der Waals surface area contributed by atoms with E-state index in [2.05, 4.69) is 38.8 Å². The summed E-state index contributed by atoms with van der Waals surface area (Å²) in [5.41, 5.74) is -1.14. The fraction of sp³-hybridized carbons (Fsp3) is 0.765. The van der Waals surface area contributed by atoms with E-state index in [9.17, 15) is 14.7 Å². The molecule has 2 heterocycles. The zero-order valence-electron chi connectivity index (χ0n) is 16.3. The number of aromatic amines is 1. The van der Waals surface area contributed by atoms with E-state index in [4.69, 9.17) is 13.9 Å². The number of aromatic nitrogens is 2. The summed E-state index contributed by atoms with van der Waals surface area (Å²) in [6.07, 6.45) is -1.81. The molecule has 1 saturated heterocycles. The van der Waals surface area contributed by atoms with E-state index in [1.165, 1.54) is 16.8 Å². The Morgan fingerprint density at radius 1 is 1.35 bits per heavy atom. The van der Waals surface area contributed by atoms with Gasteiger partial charge in [-0.1, -0.05) is 20.8 Å².